The number of amides is 2. The molecule has 0 radical (unpaired) electrons. The molecule has 1 spiro atoms. The number of rotatable bonds is 5. The molecule has 1 aliphatic carbocycles. The van der Waals surface area contributed by atoms with Crippen molar-refractivity contribution >= 4 is 17.6 Å². The number of ether oxygens (including phenoxy) is 1. The molecular formula is C23H25F2N5O3. The maximum absolute atomic E-state index is 13.1. The average molecular weight is 457 g/mol. The number of nitrogens with two attached hydrogens (primary N) is 2. The van der Waals surface area contributed by atoms with Crippen molar-refractivity contribution in [1.29, 1.82) is 0 Å². The van der Waals surface area contributed by atoms with Gasteiger partial charge in [0, 0.05) is 25.6 Å². The molecule has 2 fully saturated rings. The second-order valence-electron chi connectivity index (χ2n) is 8.77. The number of likely N-dealkylation sites (tertiary alicyclic amines) is 1. The van der Waals surface area contributed by atoms with Crippen LogP contribution in [-0.4, -0.2) is 45.7 Å². The van der Waals surface area contributed by atoms with Gasteiger partial charge in [-0.3, -0.25) is 9.59 Å². The second kappa shape index (κ2) is 8.06. The molecule has 0 bridgehead atoms. The van der Waals surface area contributed by atoms with Crippen molar-refractivity contribution in [1.82, 2.24) is 14.7 Å². The summed E-state index contributed by atoms with van der Waals surface area (Å²) in [5, 5.41) is 4.56. The Kier molecular flexibility index (Phi) is 5.52. The minimum atomic E-state index is -3.31. The van der Waals surface area contributed by atoms with E-state index in [2.05, 4.69) is 21.7 Å². The van der Waals surface area contributed by atoms with E-state index >= 15 is 0 Å². The number of aromatic nitrogens is 2. The topological polar surface area (TPSA) is 116 Å². The van der Waals surface area contributed by atoms with Gasteiger partial charge in [-0.1, -0.05) is 5.92 Å². The Morgan fingerprint density at radius 3 is 2.52 bits per heavy atom. The number of alkyl halides is 2. The van der Waals surface area contributed by atoms with E-state index < -0.39 is 12.0 Å². The van der Waals surface area contributed by atoms with Crippen molar-refractivity contribution in [3.8, 4) is 28.8 Å². The fraction of sp³-hybridized carbons (Fsp3) is 0.435. The molecule has 1 aliphatic heterocycles. The zero-order valence-electron chi connectivity index (χ0n) is 18.4. The first-order valence-corrected chi connectivity index (χ1v) is 10.6. The highest BCUT2D eigenvalue weighted by Crippen LogP contribution is 2.54. The number of halogens is 2. The molecule has 10 heteroatoms. The van der Waals surface area contributed by atoms with Crippen LogP contribution in [0.5, 0.6) is 5.75 Å². The van der Waals surface area contributed by atoms with Gasteiger partial charge in [0.05, 0.1) is 6.04 Å². The summed E-state index contributed by atoms with van der Waals surface area (Å²) in [7, 11) is 0. The van der Waals surface area contributed by atoms with Gasteiger partial charge in [0.2, 0.25) is 0 Å². The van der Waals surface area contributed by atoms with E-state index in [4.69, 9.17) is 11.5 Å². The summed E-state index contributed by atoms with van der Waals surface area (Å²) in [5.41, 5.74) is 12.7. The van der Waals surface area contributed by atoms with Crippen LogP contribution in [0.15, 0.2) is 24.3 Å². The number of nitrogen functional groups attached to an aromatic ring is 1. The predicted molar refractivity (Wildman–Crippen MR) is 117 cm³/mol. The number of anilines is 1. The summed E-state index contributed by atoms with van der Waals surface area (Å²) in [6, 6.07) is 5.75. The van der Waals surface area contributed by atoms with Gasteiger partial charge in [-0.25, -0.2) is 4.68 Å². The van der Waals surface area contributed by atoms with Crippen LogP contribution in [-0.2, 0) is 4.79 Å². The van der Waals surface area contributed by atoms with Gasteiger partial charge >= 0.3 is 6.11 Å². The number of hydrogen-bond acceptors (Lipinski definition) is 5. The fourth-order valence-corrected chi connectivity index (χ4v) is 4.80. The van der Waals surface area contributed by atoms with Crippen molar-refractivity contribution in [3.63, 3.8) is 0 Å². The third kappa shape index (κ3) is 4.35. The van der Waals surface area contributed by atoms with E-state index in [0.29, 0.717) is 25.6 Å². The SMILES string of the molecule is CC#CC(=O)N1CCC2(CC(n3nc(-c4ccc(OC(C)(F)F)cc4)c(C(N)=O)c3N)C2)C1. The average Bonchev–Trinajstić information content (AvgIpc) is 3.28. The van der Waals surface area contributed by atoms with E-state index in [9.17, 15) is 18.4 Å². The monoisotopic (exact) mass is 457 g/mol. The first-order chi connectivity index (χ1) is 15.5. The Bertz CT molecular complexity index is 1150. The molecule has 1 saturated heterocycles. The van der Waals surface area contributed by atoms with Crippen LogP contribution in [0, 0.1) is 17.3 Å². The predicted octanol–water partition coefficient (Wildman–Crippen LogP) is 2.80. The van der Waals surface area contributed by atoms with Crippen LogP contribution in [0.1, 0.15) is 49.5 Å². The Morgan fingerprint density at radius 1 is 1.27 bits per heavy atom. The zero-order valence-corrected chi connectivity index (χ0v) is 18.4. The van der Waals surface area contributed by atoms with Gasteiger partial charge in [0.25, 0.3) is 11.8 Å². The highest BCUT2D eigenvalue weighted by atomic mass is 19.3. The standard InChI is InChI=1S/C23H25F2N5O3/c1-3-4-17(31)29-10-9-23(13-29)11-15(12-23)30-20(26)18(21(27)32)19(28-30)14-5-7-16(8-6-14)33-22(2,24)25/h5-8,15H,9-13,26H2,1-2H3,(H2,27,32). The van der Waals surface area contributed by atoms with E-state index in [0.717, 1.165) is 19.3 Å². The van der Waals surface area contributed by atoms with Crippen molar-refractivity contribution in [3.05, 3.63) is 29.8 Å². The number of nitrogens with zero attached hydrogens (tertiary/aromatic N) is 3. The van der Waals surface area contributed by atoms with Gasteiger partial charge < -0.3 is 21.1 Å². The Hall–Kier alpha value is -3.61. The lowest BCUT2D eigenvalue weighted by atomic mass is 9.65. The quantitative estimate of drug-likeness (QED) is 0.670. The lowest BCUT2D eigenvalue weighted by Gasteiger charge is -2.45. The van der Waals surface area contributed by atoms with Crippen molar-refractivity contribution in [2.24, 2.45) is 11.1 Å². The minimum absolute atomic E-state index is 0.00838. The molecule has 2 heterocycles. The van der Waals surface area contributed by atoms with Gasteiger partial charge in [0.15, 0.2) is 0 Å². The minimum Gasteiger partial charge on any atom is -0.433 e. The molecule has 4 N–H and O–H groups in total. The molecule has 174 valence electrons. The first-order valence-electron chi connectivity index (χ1n) is 10.6. The molecule has 2 amide bonds. The maximum atomic E-state index is 13.1. The van der Waals surface area contributed by atoms with Crippen molar-refractivity contribution in [2.45, 2.75) is 45.3 Å². The molecule has 2 aromatic rings. The Morgan fingerprint density at radius 2 is 1.94 bits per heavy atom. The fourth-order valence-electron chi connectivity index (χ4n) is 4.80. The van der Waals surface area contributed by atoms with Crippen LogP contribution in [0.2, 0.25) is 0 Å². The van der Waals surface area contributed by atoms with E-state index in [1.165, 1.54) is 24.3 Å². The highest BCUT2D eigenvalue weighted by Gasteiger charge is 2.51. The van der Waals surface area contributed by atoms with Crippen molar-refractivity contribution in [2.75, 3.05) is 18.8 Å². The first kappa shape index (κ1) is 22.6. The molecule has 0 unspecified atom stereocenters. The third-order valence-electron chi connectivity index (χ3n) is 6.26. The van der Waals surface area contributed by atoms with Crippen LogP contribution in [0.4, 0.5) is 14.6 Å². The number of primary amides is 1. The highest BCUT2D eigenvalue weighted by molar-refractivity contribution is 6.03. The number of carbonyl (C=O) groups excluding carboxylic acids is 2. The van der Waals surface area contributed by atoms with Gasteiger partial charge in [-0.05, 0) is 61.8 Å². The molecule has 2 aliphatic rings. The second-order valence-corrected chi connectivity index (χ2v) is 8.77. The van der Waals surface area contributed by atoms with Crippen LogP contribution in [0.3, 0.4) is 0 Å². The summed E-state index contributed by atoms with van der Waals surface area (Å²) in [4.78, 5) is 26.0. The molecule has 0 atom stereocenters. The molecule has 1 aromatic carbocycles. The van der Waals surface area contributed by atoms with Crippen LogP contribution < -0.4 is 16.2 Å². The maximum Gasteiger partial charge on any atom is 0.394 e. The van der Waals surface area contributed by atoms with Gasteiger partial charge in [-0.2, -0.15) is 13.9 Å². The molecule has 8 nitrogen and oxygen atoms in total. The Balaban J connectivity index is 1.55. The lowest BCUT2D eigenvalue weighted by Crippen LogP contribution is -2.42. The molecule has 33 heavy (non-hydrogen) atoms. The lowest BCUT2D eigenvalue weighted by molar-refractivity contribution is -0.158. The summed E-state index contributed by atoms with van der Waals surface area (Å²) < 4.78 is 32.3. The van der Waals surface area contributed by atoms with Gasteiger partial charge in [-0.15, -0.1) is 0 Å². The number of carbonyl (C=O) groups is 2. The molecule has 4 rings (SSSR count). The molecule has 1 saturated carbocycles. The Labute approximate surface area is 189 Å². The smallest absolute Gasteiger partial charge is 0.394 e. The van der Waals surface area contributed by atoms with Crippen molar-refractivity contribution < 1.29 is 23.1 Å². The molecular weight excluding hydrogens is 432 g/mol. The van der Waals surface area contributed by atoms with E-state index in [1.807, 2.05) is 0 Å². The van der Waals surface area contributed by atoms with Crippen LogP contribution in [0.25, 0.3) is 11.3 Å². The number of benzene rings is 1. The zero-order chi connectivity index (χ0) is 24.0. The largest absolute Gasteiger partial charge is 0.433 e. The third-order valence-corrected chi connectivity index (χ3v) is 6.26. The summed E-state index contributed by atoms with van der Waals surface area (Å²) in [5.74, 6) is 4.48. The van der Waals surface area contributed by atoms with Gasteiger partial charge in [0.1, 0.15) is 22.8 Å². The van der Waals surface area contributed by atoms with E-state index in [1.54, 1.807) is 16.5 Å². The number of hydrogen-bond donors (Lipinski definition) is 2. The summed E-state index contributed by atoms with van der Waals surface area (Å²) in [6.45, 7) is 3.59. The molecule has 1 aromatic heterocycles. The summed E-state index contributed by atoms with van der Waals surface area (Å²) >= 11 is 0. The normalized spacial score (nSPS) is 21.9. The summed E-state index contributed by atoms with van der Waals surface area (Å²) in [6.07, 6.45) is -0.910. The van der Waals surface area contributed by atoms with Crippen LogP contribution >= 0.6 is 0 Å². The van der Waals surface area contributed by atoms with E-state index in [-0.39, 0.29) is 40.2 Å².